The first-order valence-corrected chi connectivity index (χ1v) is 8.31. The summed E-state index contributed by atoms with van der Waals surface area (Å²) in [5.74, 6) is 0.643. The second-order valence-corrected chi connectivity index (χ2v) is 7.26. The third kappa shape index (κ3) is 5.89. The van der Waals surface area contributed by atoms with Gasteiger partial charge in [0.15, 0.2) is 0 Å². The maximum absolute atomic E-state index is 12.1. The highest BCUT2D eigenvalue weighted by Gasteiger charge is 2.17. The van der Waals surface area contributed by atoms with Crippen LogP contribution in [0.15, 0.2) is 23.2 Å². The zero-order valence-corrected chi connectivity index (χ0v) is 13.1. The molecule has 0 aliphatic rings. The van der Waals surface area contributed by atoms with Crippen LogP contribution in [0.4, 0.5) is 0 Å². The third-order valence-corrected chi connectivity index (χ3v) is 4.58. The van der Waals surface area contributed by atoms with E-state index < -0.39 is 10.0 Å². The fraction of sp³-hybridized carbons (Fsp3) is 0.615. The van der Waals surface area contributed by atoms with Crippen LogP contribution >= 0.6 is 11.6 Å². The number of nitrogens with zero attached hydrogens (tertiary/aromatic N) is 1. The predicted molar refractivity (Wildman–Crippen MR) is 77.7 cm³/mol. The smallest absolute Gasteiger partial charge is 0.242 e. The molecule has 1 rings (SSSR count). The number of rotatable bonds is 7. The van der Waals surface area contributed by atoms with Crippen LogP contribution in [0, 0.1) is 5.92 Å². The molecule has 19 heavy (non-hydrogen) atoms. The van der Waals surface area contributed by atoms with E-state index in [1.165, 1.54) is 18.3 Å². The molecule has 1 atom stereocenters. The summed E-state index contributed by atoms with van der Waals surface area (Å²) in [4.78, 5) is 3.93. The minimum absolute atomic E-state index is 0.0839. The van der Waals surface area contributed by atoms with Gasteiger partial charge in [-0.25, -0.2) is 18.1 Å². The van der Waals surface area contributed by atoms with Crippen molar-refractivity contribution in [2.75, 3.05) is 0 Å². The molecule has 1 aromatic heterocycles. The summed E-state index contributed by atoms with van der Waals surface area (Å²) in [6.07, 6.45) is 4.22. The minimum atomic E-state index is -3.50. The molecular formula is C13H21ClN2O2S. The Balaban J connectivity index is 2.57. The van der Waals surface area contributed by atoms with Crippen molar-refractivity contribution in [2.24, 2.45) is 5.92 Å². The predicted octanol–water partition coefficient (Wildman–Crippen LogP) is 3.23. The van der Waals surface area contributed by atoms with Crippen molar-refractivity contribution in [3.63, 3.8) is 0 Å². The zero-order chi connectivity index (χ0) is 14.5. The molecule has 4 nitrogen and oxygen atoms in total. The van der Waals surface area contributed by atoms with Gasteiger partial charge in [-0.1, -0.05) is 38.3 Å². The topological polar surface area (TPSA) is 59.1 Å². The molecule has 0 radical (unpaired) electrons. The van der Waals surface area contributed by atoms with Gasteiger partial charge < -0.3 is 0 Å². The second-order valence-electron chi connectivity index (χ2n) is 5.16. The van der Waals surface area contributed by atoms with Gasteiger partial charge in [-0.05, 0) is 31.4 Å². The van der Waals surface area contributed by atoms with Crippen LogP contribution in [0.3, 0.4) is 0 Å². The van der Waals surface area contributed by atoms with Crippen molar-refractivity contribution >= 4 is 21.6 Å². The van der Waals surface area contributed by atoms with Crippen LogP contribution in [0.5, 0.6) is 0 Å². The van der Waals surface area contributed by atoms with Crippen LogP contribution in [0.2, 0.25) is 5.15 Å². The Morgan fingerprint density at radius 2 is 1.95 bits per heavy atom. The standard InChI is InChI=1S/C13H21ClN2O2S/c1-10(2)5-4-6-11(3)16-19(17,18)12-7-8-13(14)15-9-12/h7-11,16H,4-6H2,1-3H3/t11-/m0/s1. The number of nitrogens with one attached hydrogen (secondary N) is 1. The summed E-state index contributed by atoms with van der Waals surface area (Å²) in [6.45, 7) is 6.20. The first-order valence-electron chi connectivity index (χ1n) is 6.45. The largest absolute Gasteiger partial charge is 0.243 e. The number of pyridine rings is 1. The van der Waals surface area contributed by atoms with Crippen molar-refractivity contribution in [3.05, 3.63) is 23.5 Å². The Kier molecular flexibility index (Phi) is 6.23. The molecule has 1 N–H and O–H groups in total. The van der Waals surface area contributed by atoms with E-state index in [4.69, 9.17) is 11.6 Å². The normalized spacial score (nSPS) is 13.7. The van der Waals surface area contributed by atoms with Crippen molar-refractivity contribution in [2.45, 2.75) is 51.0 Å². The van der Waals surface area contributed by atoms with Gasteiger partial charge in [-0.2, -0.15) is 0 Å². The van der Waals surface area contributed by atoms with Gasteiger partial charge in [0.1, 0.15) is 10.0 Å². The lowest BCUT2D eigenvalue weighted by Crippen LogP contribution is -2.32. The van der Waals surface area contributed by atoms with E-state index in [2.05, 4.69) is 23.6 Å². The molecule has 0 saturated heterocycles. The Morgan fingerprint density at radius 3 is 2.47 bits per heavy atom. The van der Waals surface area contributed by atoms with Crippen LogP contribution in [-0.2, 0) is 10.0 Å². The van der Waals surface area contributed by atoms with E-state index in [-0.39, 0.29) is 16.1 Å². The molecule has 0 spiro atoms. The van der Waals surface area contributed by atoms with Crippen LogP contribution in [0.25, 0.3) is 0 Å². The molecule has 0 fully saturated rings. The number of hydrogen-bond acceptors (Lipinski definition) is 3. The Hall–Kier alpha value is -0.650. The quantitative estimate of drug-likeness (QED) is 0.787. The Morgan fingerprint density at radius 1 is 1.26 bits per heavy atom. The minimum Gasteiger partial charge on any atom is -0.243 e. The second kappa shape index (κ2) is 7.22. The molecule has 6 heteroatoms. The lowest BCUT2D eigenvalue weighted by molar-refractivity contribution is 0.488. The molecule has 1 aromatic rings. The van der Waals surface area contributed by atoms with E-state index in [0.29, 0.717) is 5.92 Å². The SMILES string of the molecule is CC(C)CCC[C@H](C)NS(=O)(=O)c1ccc(Cl)nc1. The summed E-state index contributed by atoms with van der Waals surface area (Å²) in [5.41, 5.74) is 0. The van der Waals surface area contributed by atoms with Crippen LogP contribution in [0.1, 0.15) is 40.0 Å². The van der Waals surface area contributed by atoms with Crippen molar-refractivity contribution < 1.29 is 8.42 Å². The van der Waals surface area contributed by atoms with E-state index in [1.54, 1.807) is 0 Å². The van der Waals surface area contributed by atoms with Crippen molar-refractivity contribution in [3.8, 4) is 0 Å². The monoisotopic (exact) mass is 304 g/mol. The third-order valence-electron chi connectivity index (χ3n) is 2.79. The molecular weight excluding hydrogens is 284 g/mol. The molecule has 0 aromatic carbocycles. The van der Waals surface area contributed by atoms with Gasteiger partial charge in [0, 0.05) is 12.2 Å². The molecule has 0 amide bonds. The fourth-order valence-electron chi connectivity index (χ4n) is 1.75. The van der Waals surface area contributed by atoms with Crippen LogP contribution < -0.4 is 4.72 Å². The number of hydrogen-bond donors (Lipinski definition) is 1. The van der Waals surface area contributed by atoms with Crippen molar-refractivity contribution in [1.82, 2.24) is 9.71 Å². The number of aromatic nitrogens is 1. The summed E-state index contributed by atoms with van der Waals surface area (Å²) >= 11 is 5.64. The molecule has 1 heterocycles. The van der Waals surface area contributed by atoms with Gasteiger partial charge in [0.05, 0.1) is 0 Å². The number of sulfonamides is 1. The Bertz CT molecular complexity index is 486. The first-order chi connectivity index (χ1) is 8.81. The van der Waals surface area contributed by atoms with E-state index in [9.17, 15) is 8.42 Å². The highest BCUT2D eigenvalue weighted by molar-refractivity contribution is 7.89. The summed E-state index contributed by atoms with van der Waals surface area (Å²) < 4.78 is 26.8. The van der Waals surface area contributed by atoms with Gasteiger partial charge in [0.2, 0.25) is 10.0 Å². The lowest BCUT2D eigenvalue weighted by atomic mass is 10.0. The molecule has 108 valence electrons. The van der Waals surface area contributed by atoms with Crippen LogP contribution in [-0.4, -0.2) is 19.4 Å². The number of halogens is 1. The Labute approximate surface area is 120 Å². The van der Waals surface area contributed by atoms with Gasteiger partial charge in [-0.15, -0.1) is 0 Å². The lowest BCUT2D eigenvalue weighted by Gasteiger charge is -2.14. The molecule has 0 unspecified atom stereocenters. The maximum Gasteiger partial charge on any atom is 0.242 e. The molecule has 0 aliphatic carbocycles. The molecule has 0 aliphatic heterocycles. The molecule has 0 saturated carbocycles. The average molecular weight is 305 g/mol. The van der Waals surface area contributed by atoms with E-state index in [0.717, 1.165) is 19.3 Å². The fourth-order valence-corrected chi connectivity index (χ4v) is 3.08. The van der Waals surface area contributed by atoms with Crippen molar-refractivity contribution in [1.29, 1.82) is 0 Å². The van der Waals surface area contributed by atoms with E-state index >= 15 is 0 Å². The van der Waals surface area contributed by atoms with Gasteiger partial charge in [0.25, 0.3) is 0 Å². The van der Waals surface area contributed by atoms with Gasteiger partial charge >= 0.3 is 0 Å². The summed E-state index contributed by atoms with van der Waals surface area (Å²) in [6, 6.07) is 2.84. The zero-order valence-electron chi connectivity index (χ0n) is 11.6. The average Bonchev–Trinajstić information content (AvgIpc) is 2.28. The van der Waals surface area contributed by atoms with Gasteiger partial charge in [-0.3, -0.25) is 0 Å². The summed E-state index contributed by atoms with van der Waals surface area (Å²) in [5, 5.41) is 0.281. The summed E-state index contributed by atoms with van der Waals surface area (Å²) in [7, 11) is -3.50. The highest BCUT2D eigenvalue weighted by atomic mass is 35.5. The highest BCUT2D eigenvalue weighted by Crippen LogP contribution is 2.13. The first kappa shape index (κ1) is 16.4. The maximum atomic E-state index is 12.1. The molecule has 0 bridgehead atoms. The van der Waals surface area contributed by atoms with E-state index in [1.807, 2.05) is 6.92 Å².